The first-order valence-corrected chi connectivity index (χ1v) is 12.5. The van der Waals surface area contributed by atoms with Crippen molar-refractivity contribution in [3.8, 4) is 45.4 Å². The van der Waals surface area contributed by atoms with Crippen LogP contribution in [0, 0.1) is 0 Å². The number of ether oxygens (including phenoxy) is 2. The van der Waals surface area contributed by atoms with Crippen LogP contribution in [0.3, 0.4) is 0 Å². The minimum absolute atomic E-state index is 0.0229. The Morgan fingerprint density at radius 1 is 0.667 bits per heavy atom. The number of aromatic nitrogens is 4. The van der Waals surface area contributed by atoms with Crippen LogP contribution in [0.5, 0.6) is 11.5 Å². The number of sulfonamides is 1. The van der Waals surface area contributed by atoms with E-state index in [0.717, 1.165) is 28.3 Å². The lowest BCUT2D eigenvalue weighted by Gasteiger charge is -2.12. The van der Waals surface area contributed by atoms with Gasteiger partial charge in [0.05, 0.1) is 41.9 Å². The highest BCUT2D eigenvalue weighted by atomic mass is 32.2. The van der Waals surface area contributed by atoms with E-state index in [1.807, 2.05) is 66.9 Å². The van der Waals surface area contributed by atoms with Crippen LogP contribution in [0.1, 0.15) is 0 Å². The van der Waals surface area contributed by atoms with Gasteiger partial charge >= 0.3 is 0 Å². The van der Waals surface area contributed by atoms with Gasteiger partial charge in [-0.25, -0.2) is 22.9 Å². The van der Waals surface area contributed by atoms with Crippen molar-refractivity contribution in [2.75, 3.05) is 14.2 Å². The number of benzene rings is 3. The zero-order chi connectivity index (χ0) is 25.3. The SMILES string of the molecule is COc1ccc(-c2ccn(-c3ccc(S(N)(=O)=O)cc3-n3ccc(-c4ccc(OC)cc4)n3)n2)cc1. The van der Waals surface area contributed by atoms with Gasteiger partial charge in [0.1, 0.15) is 11.5 Å². The fourth-order valence-electron chi connectivity index (χ4n) is 3.81. The second kappa shape index (κ2) is 9.33. The van der Waals surface area contributed by atoms with Crippen LogP contribution in [-0.4, -0.2) is 42.2 Å². The largest absolute Gasteiger partial charge is 0.497 e. The molecule has 9 nitrogen and oxygen atoms in total. The molecule has 0 bridgehead atoms. The summed E-state index contributed by atoms with van der Waals surface area (Å²) in [6.45, 7) is 0. The summed E-state index contributed by atoms with van der Waals surface area (Å²) in [5.41, 5.74) is 4.40. The van der Waals surface area contributed by atoms with E-state index in [4.69, 9.17) is 19.7 Å². The molecule has 0 unspecified atom stereocenters. The Labute approximate surface area is 208 Å². The summed E-state index contributed by atoms with van der Waals surface area (Å²) in [5.74, 6) is 1.50. The van der Waals surface area contributed by atoms with Crippen molar-refractivity contribution in [3.63, 3.8) is 0 Å². The van der Waals surface area contributed by atoms with Crippen molar-refractivity contribution in [3.05, 3.63) is 91.3 Å². The molecule has 5 aromatic rings. The number of nitrogens with zero attached hydrogens (tertiary/aromatic N) is 4. The van der Waals surface area contributed by atoms with Crippen LogP contribution in [-0.2, 0) is 10.0 Å². The lowest BCUT2D eigenvalue weighted by molar-refractivity contribution is 0.415. The molecule has 0 saturated carbocycles. The normalized spacial score (nSPS) is 11.4. The van der Waals surface area contributed by atoms with Crippen molar-refractivity contribution in [2.24, 2.45) is 5.14 Å². The van der Waals surface area contributed by atoms with Crippen molar-refractivity contribution in [1.29, 1.82) is 0 Å². The Morgan fingerprint density at radius 3 is 1.58 bits per heavy atom. The van der Waals surface area contributed by atoms with Gasteiger partial charge in [0.2, 0.25) is 10.0 Å². The third kappa shape index (κ3) is 4.59. The van der Waals surface area contributed by atoms with E-state index in [0.29, 0.717) is 17.1 Å². The van der Waals surface area contributed by atoms with Gasteiger partial charge in [0.25, 0.3) is 0 Å². The zero-order valence-electron chi connectivity index (χ0n) is 19.6. The fourth-order valence-corrected chi connectivity index (χ4v) is 4.34. The van der Waals surface area contributed by atoms with Gasteiger partial charge in [-0.2, -0.15) is 10.2 Å². The number of hydrogen-bond acceptors (Lipinski definition) is 6. The van der Waals surface area contributed by atoms with E-state index in [-0.39, 0.29) is 4.90 Å². The lowest BCUT2D eigenvalue weighted by atomic mass is 10.1. The highest BCUT2D eigenvalue weighted by molar-refractivity contribution is 7.89. The Morgan fingerprint density at radius 2 is 1.14 bits per heavy atom. The first-order valence-electron chi connectivity index (χ1n) is 10.9. The van der Waals surface area contributed by atoms with Crippen molar-refractivity contribution < 1.29 is 17.9 Å². The maximum Gasteiger partial charge on any atom is 0.238 e. The molecule has 0 atom stereocenters. The molecule has 2 N–H and O–H groups in total. The van der Waals surface area contributed by atoms with Gasteiger partial charge < -0.3 is 9.47 Å². The number of rotatable bonds is 7. The maximum absolute atomic E-state index is 12.1. The zero-order valence-corrected chi connectivity index (χ0v) is 20.4. The number of nitrogens with two attached hydrogens (primary N) is 1. The van der Waals surface area contributed by atoms with Crippen molar-refractivity contribution >= 4 is 10.0 Å². The number of hydrogen-bond donors (Lipinski definition) is 1. The molecule has 0 spiro atoms. The van der Waals surface area contributed by atoms with Crippen LogP contribution < -0.4 is 14.6 Å². The first-order chi connectivity index (χ1) is 17.4. The molecule has 0 amide bonds. The summed E-state index contributed by atoms with van der Waals surface area (Å²) in [7, 11) is -0.699. The minimum atomic E-state index is -3.93. The monoisotopic (exact) mass is 501 g/mol. The molecule has 182 valence electrons. The Balaban J connectivity index is 1.57. The van der Waals surface area contributed by atoms with Crippen LogP contribution in [0.15, 0.2) is 96.2 Å². The van der Waals surface area contributed by atoms with Crippen molar-refractivity contribution in [2.45, 2.75) is 4.90 Å². The van der Waals surface area contributed by atoms with Gasteiger partial charge in [-0.1, -0.05) is 0 Å². The van der Waals surface area contributed by atoms with E-state index in [9.17, 15) is 8.42 Å². The highest BCUT2D eigenvalue weighted by Gasteiger charge is 2.17. The van der Waals surface area contributed by atoms with Gasteiger partial charge in [-0.3, -0.25) is 0 Å². The standard InChI is InChI=1S/C26H23N5O4S/c1-34-20-7-3-18(4-8-20)23-13-15-30(28-23)25-12-11-22(36(27,32)33)17-26(25)31-16-14-24(29-31)19-5-9-21(35-2)10-6-19/h3-17H,1-2H3,(H2,27,32,33). The third-order valence-electron chi connectivity index (χ3n) is 5.72. The Hall–Kier alpha value is -4.41. The van der Waals surface area contributed by atoms with E-state index < -0.39 is 10.0 Å². The molecular formula is C26H23N5O4S. The maximum atomic E-state index is 12.1. The van der Waals surface area contributed by atoms with Crippen molar-refractivity contribution in [1.82, 2.24) is 19.6 Å². The molecule has 5 rings (SSSR count). The molecule has 0 saturated heterocycles. The first kappa shape index (κ1) is 23.3. The fraction of sp³-hybridized carbons (Fsp3) is 0.0769. The summed E-state index contributed by atoms with van der Waals surface area (Å²) in [4.78, 5) is -0.0229. The summed E-state index contributed by atoms with van der Waals surface area (Å²) >= 11 is 0. The number of methoxy groups -OCH3 is 2. The average Bonchev–Trinajstić information content (AvgIpc) is 3.59. The molecule has 3 aromatic carbocycles. The highest BCUT2D eigenvalue weighted by Crippen LogP contribution is 2.27. The Bertz CT molecular complexity index is 1620. The predicted octanol–water partition coefficient (Wildman–Crippen LogP) is 4.06. The average molecular weight is 502 g/mol. The number of primary sulfonamides is 1. The topological polar surface area (TPSA) is 114 Å². The molecule has 0 aliphatic rings. The summed E-state index contributed by atoms with van der Waals surface area (Å²) in [5, 5.41) is 14.8. The molecule has 0 radical (unpaired) electrons. The third-order valence-corrected chi connectivity index (χ3v) is 6.63. The van der Waals surface area contributed by atoms with Gasteiger partial charge in [0.15, 0.2) is 0 Å². The minimum Gasteiger partial charge on any atom is -0.497 e. The molecule has 36 heavy (non-hydrogen) atoms. The van der Waals surface area contributed by atoms with Gasteiger partial charge in [-0.15, -0.1) is 0 Å². The smallest absolute Gasteiger partial charge is 0.238 e. The van der Waals surface area contributed by atoms with Gasteiger partial charge in [-0.05, 0) is 78.9 Å². The summed E-state index contributed by atoms with van der Waals surface area (Å²) < 4.78 is 37.9. The quantitative estimate of drug-likeness (QED) is 0.360. The van der Waals surface area contributed by atoms with E-state index in [1.165, 1.54) is 12.1 Å². The Kier molecular flexibility index (Phi) is 6.05. The van der Waals surface area contributed by atoms with E-state index in [2.05, 4.69) is 5.10 Å². The molecule has 10 heteroatoms. The predicted molar refractivity (Wildman–Crippen MR) is 136 cm³/mol. The molecule has 2 aromatic heterocycles. The molecule has 0 aliphatic heterocycles. The van der Waals surface area contributed by atoms with Gasteiger partial charge in [0, 0.05) is 23.5 Å². The summed E-state index contributed by atoms with van der Waals surface area (Å²) in [6.07, 6.45) is 3.57. The van der Waals surface area contributed by atoms with Crippen LogP contribution in [0.4, 0.5) is 0 Å². The van der Waals surface area contributed by atoms with Crippen LogP contribution >= 0.6 is 0 Å². The van der Waals surface area contributed by atoms with Crippen LogP contribution in [0.25, 0.3) is 33.9 Å². The lowest BCUT2D eigenvalue weighted by Crippen LogP contribution is -2.14. The molecule has 0 fully saturated rings. The van der Waals surface area contributed by atoms with E-state index in [1.54, 1.807) is 35.8 Å². The second-order valence-electron chi connectivity index (χ2n) is 7.94. The molecular weight excluding hydrogens is 478 g/mol. The second-order valence-corrected chi connectivity index (χ2v) is 9.51. The summed E-state index contributed by atoms with van der Waals surface area (Å²) in [6, 6.07) is 23.4. The molecule has 0 aliphatic carbocycles. The van der Waals surface area contributed by atoms with Crippen LogP contribution in [0.2, 0.25) is 0 Å². The molecule has 2 heterocycles. The van der Waals surface area contributed by atoms with E-state index >= 15 is 0 Å².